The standard InChI is InChI=1S/C24H24ClOP/c1-24(2,3)22(26)23(25)27(19-13-7-4-8-14-19,20-15-9-5-10-16-20)21-17-11-6-12-18-21/h4-18H,1-3H3. The lowest BCUT2D eigenvalue weighted by Gasteiger charge is -2.32. The molecule has 0 heterocycles. The van der Waals surface area contributed by atoms with Gasteiger partial charge in [-0.1, -0.05) is 123 Å². The van der Waals surface area contributed by atoms with E-state index in [9.17, 15) is 4.79 Å². The first-order valence-electron chi connectivity index (χ1n) is 9.02. The molecule has 3 rings (SSSR count). The summed E-state index contributed by atoms with van der Waals surface area (Å²) in [5.74, 6) is -0.00550. The zero-order chi connectivity index (χ0) is 19.5. The average molecular weight is 395 g/mol. The van der Waals surface area contributed by atoms with Crippen molar-refractivity contribution in [1.29, 1.82) is 0 Å². The predicted molar refractivity (Wildman–Crippen MR) is 120 cm³/mol. The molecule has 0 saturated carbocycles. The van der Waals surface area contributed by atoms with E-state index < -0.39 is 12.3 Å². The molecule has 0 saturated heterocycles. The lowest BCUT2D eigenvalue weighted by Crippen LogP contribution is -2.35. The fourth-order valence-corrected chi connectivity index (χ4v) is 8.44. The van der Waals surface area contributed by atoms with E-state index in [-0.39, 0.29) is 5.78 Å². The van der Waals surface area contributed by atoms with Gasteiger partial charge in [0.25, 0.3) is 0 Å². The molecule has 0 aliphatic carbocycles. The number of rotatable bonds is 4. The van der Waals surface area contributed by atoms with E-state index in [1.807, 2.05) is 75.4 Å². The Labute approximate surface area is 167 Å². The summed E-state index contributed by atoms with van der Waals surface area (Å²) in [5, 5.41) is 3.26. The van der Waals surface area contributed by atoms with Crippen LogP contribution in [0.25, 0.3) is 0 Å². The summed E-state index contributed by atoms with van der Waals surface area (Å²) in [5.41, 5.74) is -0.555. The van der Waals surface area contributed by atoms with Crippen molar-refractivity contribution in [1.82, 2.24) is 0 Å². The number of carbonyl (C=O) groups excluding carboxylic acids is 1. The molecule has 3 heteroatoms. The first-order chi connectivity index (χ1) is 12.9. The predicted octanol–water partition coefficient (Wildman–Crippen LogP) is 4.96. The lowest BCUT2D eigenvalue weighted by atomic mass is 9.92. The molecule has 0 amide bonds. The molecule has 0 unspecified atom stereocenters. The third-order valence-corrected chi connectivity index (χ3v) is 9.54. The summed E-state index contributed by atoms with van der Waals surface area (Å²) in [6.07, 6.45) is 0. The topological polar surface area (TPSA) is 17.1 Å². The summed E-state index contributed by atoms with van der Waals surface area (Å²) >= 11 is 7.06. The van der Waals surface area contributed by atoms with Gasteiger partial charge in [-0.3, -0.25) is 4.79 Å². The molecule has 27 heavy (non-hydrogen) atoms. The van der Waals surface area contributed by atoms with Crippen LogP contribution < -0.4 is 15.9 Å². The maximum atomic E-state index is 13.4. The second-order valence-electron chi connectivity index (χ2n) is 7.55. The van der Waals surface area contributed by atoms with Crippen LogP contribution in [-0.2, 0) is 4.79 Å². The molecular weight excluding hydrogens is 371 g/mol. The quantitative estimate of drug-likeness (QED) is 0.571. The number of ketones is 1. The van der Waals surface area contributed by atoms with E-state index in [0.29, 0.717) is 4.75 Å². The smallest absolute Gasteiger partial charge is 0.180 e. The minimum Gasteiger partial charge on any atom is -0.293 e. The third kappa shape index (κ3) is 3.68. The monoisotopic (exact) mass is 394 g/mol. The molecule has 1 nitrogen and oxygen atoms in total. The average Bonchev–Trinajstić information content (AvgIpc) is 2.70. The van der Waals surface area contributed by atoms with Crippen molar-refractivity contribution in [2.45, 2.75) is 20.8 Å². The summed E-state index contributed by atoms with van der Waals surface area (Å²) in [6.45, 7) is 3.31. The first kappa shape index (κ1) is 19.7. The molecule has 0 aliphatic rings. The van der Waals surface area contributed by atoms with Gasteiger partial charge in [-0.15, -0.1) is 0 Å². The SMILES string of the molecule is CC(C)(C)C(=O)C(Cl)=P(c1ccccc1)(c1ccccc1)c1ccccc1. The Morgan fingerprint density at radius 3 is 1.22 bits per heavy atom. The van der Waals surface area contributed by atoms with Gasteiger partial charge in [0.05, 0.1) is 4.75 Å². The van der Waals surface area contributed by atoms with Crippen LogP contribution in [0.5, 0.6) is 0 Å². The van der Waals surface area contributed by atoms with Gasteiger partial charge < -0.3 is 0 Å². The minimum absolute atomic E-state index is 0.00550. The number of benzene rings is 3. The molecule has 3 aromatic carbocycles. The van der Waals surface area contributed by atoms with E-state index in [4.69, 9.17) is 11.6 Å². The molecule has 0 radical (unpaired) electrons. The van der Waals surface area contributed by atoms with E-state index in [1.165, 1.54) is 0 Å². The second-order valence-corrected chi connectivity index (χ2v) is 11.5. The molecule has 0 fully saturated rings. The maximum absolute atomic E-state index is 13.4. The normalized spacial score (nSPS) is 11.9. The molecule has 0 aromatic heterocycles. The zero-order valence-electron chi connectivity index (χ0n) is 15.9. The van der Waals surface area contributed by atoms with Crippen LogP contribution in [0.1, 0.15) is 20.8 Å². The highest BCUT2D eigenvalue weighted by Crippen LogP contribution is 2.48. The molecule has 0 atom stereocenters. The molecule has 0 N–H and O–H groups in total. The van der Waals surface area contributed by atoms with E-state index in [2.05, 4.69) is 36.4 Å². The maximum Gasteiger partial charge on any atom is 0.180 e. The molecule has 0 aliphatic heterocycles. The number of hydrogen-bond acceptors (Lipinski definition) is 1. The van der Waals surface area contributed by atoms with E-state index in [0.717, 1.165) is 15.9 Å². The number of carbonyl (C=O) groups is 1. The van der Waals surface area contributed by atoms with Gasteiger partial charge in [-0.05, 0) is 22.8 Å². The Balaban J connectivity index is 2.54. The van der Waals surface area contributed by atoms with Crippen molar-refractivity contribution in [2.75, 3.05) is 0 Å². The Kier molecular flexibility index (Phi) is 5.75. The summed E-state index contributed by atoms with van der Waals surface area (Å²) in [6, 6.07) is 30.6. The van der Waals surface area contributed by atoms with Crippen molar-refractivity contribution in [3.63, 3.8) is 0 Å². The molecule has 3 aromatic rings. The highest BCUT2D eigenvalue weighted by Gasteiger charge is 2.35. The zero-order valence-corrected chi connectivity index (χ0v) is 17.5. The minimum atomic E-state index is -2.46. The van der Waals surface area contributed by atoms with Gasteiger partial charge in [0, 0.05) is 5.41 Å². The fraction of sp³-hybridized carbons (Fsp3) is 0.167. The van der Waals surface area contributed by atoms with Crippen molar-refractivity contribution in [3.05, 3.63) is 91.0 Å². The third-order valence-electron chi connectivity index (χ3n) is 4.59. The molecule has 0 bridgehead atoms. The molecule has 138 valence electrons. The van der Waals surface area contributed by atoms with Crippen molar-refractivity contribution < 1.29 is 4.79 Å². The van der Waals surface area contributed by atoms with Crippen molar-refractivity contribution >= 4 is 44.9 Å². The highest BCUT2D eigenvalue weighted by atomic mass is 35.5. The summed E-state index contributed by atoms with van der Waals surface area (Å²) < 4.78 is 0.429. The van der Waals surface area contributed by atoms with E-state index in [1.54, 1.807) is 0 Å². The number of halogens is 1. The van der Waals surface area contributed by atoms with Crippen LogP contribution in [0.2, 0.25) is 0 Å². The van der Waals surface area contributed by atoms with Gasteiger partial charge in [0.2, 0.25) is 0 Å². The highest BCUT2D eigenvalue weighted by molar-refractivity contribution is 7.98. The van der Waals surface area contributed by atoms with Crippen LogP contribution in [0, 0.1) is 5.41 Å². The molecule has 0 spiro atoms. The van der Waals surface area contributed by atoms with Gasteiger partial charge >= 0.3 is 0 Å². The Morgan fingerprint density at radius 1 is 0.667 bits per heavy atom. The van der Waals surface area contributed by atoms with Crippen LogP contribution in [-0.4, -0.2) is 10.5 Å². The van der Waals surface area contributed by atoms with Crippen LogP contribution in [0.4, 0.5) is 0 Å². The summed E-state index contributed by atoms with van der Waals surface area (Å²) in [7, 11) is 0. The van der Waals surface area contributed by atoms with Crippen LogP contribution >= 0.6 is 18.5 Å². The van der Waals surface area contributed by atoms with Gasteiger partial charge in [0.15, 0.2) is 5.78 Å². The van der Waals surface area contributed by atoms with E-state index >= 15 is 0 Å². The van der Waals surface area contributed by atoms with Gasteiger partial charge in [0.1, 0.15) is 0 Å². The molecular formula is C24H24ClOP. The first-order valence-corrected chi connectivity index (χ1v) is 11.2. The Bertz CT molecular complexity index is 868. The van der Waals surface area contributed by atoms with Crippen molar-refractivity contribution in [3.8, 4) is 0 Å². The number of hydrogen-bond donors (Lipinski definition) is 0. The van der Waals surface area contributed by atoms with Crippen LogP contribution in [0.3, 0.4) is 0 Å². The summed E-state index contributed by atoms with van der Waals surface area (Å²) in [4.78, 5) is 13.4. The van der Waals surface area contributed by atoms with Gasteiger partial charge in [-0.25, -0.2) is 0 Å². The largest absolute Gasteiger partial charge is 0.293 e. The fourth-order valence-electron chi connectivity index (χ4n) is 3.20. The Morgan fingerprint density at radius 2 is 0.963 bits per heavy atom. The van der Waals surface area contributed by atoms with Crippen LogP contribution in [0.15, 0.2) is 91.0 Å². The Hall–Kier alpha value is -2.08. The van der Waals surface area contributed by atoms with Gasteiger partial charge in [-0.2, -0.15) is 0 Å². The number of Topliss-reactive ketones (excluding diaryl/α,β-unsaturated/α-hetero) is 1. The van der Waals surface area contributed by atoms with Crippen molar-refractivity contribution in [2.24, 2.45) is 5.41 Å². The second kappa shape index (κ2) is 7.89. The lowest BCUT2D eigenvalue weighted by molar-refractivity contribution is -0.119.